The minimum Gasteiger partial charge on any atom is -0.378 e. The highest BCUT2D eigenvalue weighted by Gasteiger charge is 2.18. The van der Waals surface area contributed by atoms with Crippen LogP contribution in [0.4, 0.5) is 5.69 Å². The van der Waals surface area contributed by atoms with Gasteiger partial charge in [0.15, 0.2) is 10.8 Å². The van der Waals surface area contributed by atoms with Crippen molar-refractivity contribution < 1.29 is 4.74 Å². The van der Waals surface area contributed by atoms with Crippen LogP contribution >= 0.6 is 11.6 Å². The Kier molecular flexibility index (Phi) is 2.87. The number of ether oxygens (including phenoxy) is 1. The summed E-state index contributed by atoms with van der Waals surface area (Å²) in [6, 6.07) is 1.88. The highest BCUT2D eigenvalue weighted by molar-refractivity contribution is 6.29. The van der Waals surface area contributed by atoms with Crippen LogP contribution in [0, 0.1) is 13.8 Å². The van der Waals surface area contributed by atoms with Crippen LogP contribution in [-0.2, 0) is 4.74 Å². The molecule has 6 heteroatoms. The molecule has 0 amide bonds. The van der Waals surface area contributed by atoms with E-state index in [1.807, 2.05) is 24.4 Å². The fourth-order valence-electron chi connectivity index (χ4n) is 2.23. The summed E-state index contributed by atoms with van der Waals surface area (Å²) in [5.74, 6) is 0. The van der Waals surface area contributed by atoms with Crippen molar-refractivity contribution in [1.82, 2.24) is 14.6 Å². The molecule has 5 nitrogen and oxygen atoms in total. The maximum absolute atomic E-state index is 6.11. The Morgan fingerprint density at radius 3 is 2.72 bits per heavy atom. The number of halogens is 1. The average Bonchev–Trinajstić information content (AvgIpc) is 2.66. The zero-order valence-electron chi connectivity index (χ0n) is 10.5. The van der Waals surface area contributed by atoms with Gasteiger partial charge in [0.2, 0.25) is 0 Å². The summed E-state index contributed by atoms with van der Waals surface area (Å²) in [6.07, 6.45) is 0. The number of imidazole rings is 1. The van der Waals surface area contributed by atoms with Gasteiger partial charge in [0.05, 0.1) is 30.3 Å². The topological polar surface area (TPSA) is 42.7 Å². The quantitative estimate of drug-likeness (QED) is 0.790. The fourth-order valence-corrected chi connectivity index (χ4v) is 2.41. The molecule has 1 fully saturated rings. The van der Waals surface area contributed by atoms with Gasteiger partial charge < -0.3 is 9.64 Å². The predicted octanol–water partition coefficient (Wildman–Crippen LogP) is 1.84. The third-order valence-corrected chi connectivity index (χ3v) is 3.53. The number of aryl methyl sites for hydroxylation is 2. The van der Waals surface area contributed by atoms with Crippen LogP contribution in [0.25, 0.3) is 5.65 Å². The van der Waals surface area contributed by atoms with Gasteiger partial charge in [0.1, 0.15) is 0 Å². The van der Waals surface area contributed by atoms with Crippen molar-refractivity contribution in [2.75, 3.05) is 31.2 Å². The normalized spacial score (nSPS) is 16.5. The van der Waals surface area contributed by atoms with Crippen molar-refractivity contribution >= 4 is 22.9 Å². The Morgan fingerprint density at radius 2 is 2.00 bits per heavy atom. The van der Waals surface area contributed by atoms with Crippen molar-refractivity contribution in [1.29, 1.82) is 0 Å². The van der Waals surface area contributed by atoms with E-state index < -0.39 is 0 Å². The van der Waals surface area contributed by atoms with E-state index in [0.717, 1.165) is 49.0 Å². The van der Waals surface area contributed by atoms with Crippen molar-refractivity contribution in [2.45, 2.75) is 13.8 Å². The summed E-state index contributed by atoms with van der Waals surface area (Å²) in [6.45, 7) is 7.19. The summed E-state index contributed by atoms with van der Waals surface area (Å²) < 4.78 is 7.20. The number of hydrogen-bond acceptors (Lipinski definition) is 4. The molecule has 1 aliphatic rings. The van der Waals surface area contributed by atoms with Gasteiger partial charge in [-0.2, -0.15) is 5.10 Å². The van der Waals surface area contributed by atoms with Gasteiger partial charge in [-0.15, -0.1) is 0 Å². The molecule has 18 heavy (non-hydrogen) atoms. The maximum atomic E-state index is 6.11. The van der Waals surface area contributed by atoms with E-state index in [1.54, 1.807) is 0 Å². The van der Waals surface area contributed by atoms with Crippen LogP contribution in [0.5, 0.6) is 0 Å². The first-order chi connectivity index (χ1) is 8.66. The number of rotatable bonds is 1. The van der Waals surface area contributed by atoms with Gasteiger partial charge in [0.25, 0.3) is 0 Å². The Balaban J connectivity index is 2.17. The van der Waals surface area contributed by atoms with E-state index in [4.69, 9.17) is 16.3 Å². The lowest BCUT2D eigenvalue weighted by Crippen LogP contribution is -2.36. The molecule has 0 aliphatic carbocycles. The average molecular weight is 267 g/mol. The van der Waals surface area contributed by atoms with Gasteiger partial charge >= 0.3 is 0 Å². The Morgan fingerprint density at radius 1 is 1.28 bits per heavy atom. The second-order valence-corrected chi connectivity index (χ2v) is 4.86. The van der Waals surface area contributed by atoms with E-state index in [0.29, 0.717) is 5.15 Å². The lowest BCUT2D eigenvalue weighted by atomic mass is 10.3. The monoisotopic (exact) mass is 266 g/mol. The molecule has 0 bridgehead atoms. The fraction of sp³-hybridized carbons (Fsp3) is 0.500. The SMILES string of the molecule is Cc1nc2c(N3CCOCC3)cc(Cl)nn2c1C. The Hall–Kier alpha value is -1.33. The second-order valence-electron chi connectivity index (χ2n) is 4.47. The van der Waals surface area contributed by atoms with E-state index in [-0.39, 0.29) is 0 Å². The molecule has 2 aromatic heterocycles. The van der Waals surface area contributed by atoms with Crippen LogP contribution in [0.2, 0.25) is 5.15 Å². The summed E-state index contributed by atoms with van der Waals surface area (Å²) in [5, 5.41) is 4.80. The van der Waals surface area contributed by atoms with Crippen LogP contribution < -0.4 is 4.90 Å². The molecule has 0 atom stereocenters. The van der Waals surface area contributed by atoms with Crippen LogP contribution in [0.3, 0.4) is 0 Å². The summed E-state index contributed by atoms with van der Waals surface area (Å²) in [4.78, 5) is 6.84. The van der Waals surface area contributed by atoms with Gasteiger partial charge in [-0.3, -0.25) is 0 Å². The zero-order chi connectivity index (χ0) is 12.7. The van der Waals surface area contributed by atoms with E-state index in [1.165, 1.54) is 0 Å². The Labute approximate surface area is 110 Å². The molecule has 3 rings (SSSR count). The van der Waals surface area contributed by atoms with Crippen molar-refractivity contribution in [2.24, 2.45) is 0 Å². The first-order valence-electron chi connectivity index (χ1n) is 6.02. The number of hydrogen-bond donors (Lipinski definition) is 0. The maximum Gasteiger partial charge on any atom is 0.177 e. The largest absolute Gasteiger partial charge is 0.378 e. The Bertz CT molecular complexity index is 589. The van der Waals surface area contributed by atoms with E-state index >= 15 is 0 Å². The molecular weight excluding hydrogens is 252 g/mol. The molecule has 96 valence electrons. The van der Waals surface area contributed by atoms with Crippen molar-refractivity contribution in [3.63, 3.8) is 0 Å². The highest BCUT2D eigenvalue weighted by Crippen LogP contribution is 2.26. The number of fused-ring (bicyclic) bond motifs is 1. The second kappa shape index (κ2) is 4.40. The molecule has 0 N–H and O–H groups in total. The molecule has 0 spiro atoms. The number of nitrogens with zero attached hydrogens (tertiary/aromatic N) is 4. The molecule has 1 aliphatic heterocycles. The zero-order valence-corrected chi connectivity index (χ0v) is 11.2. The lowest BCUT2D eigenvalue weighted by molar-refractivity contribution is 0.123. The number of anilines is 1. The van der Waals surface area contributed by atoms with Crippen LogP contribution in [0.1, 0.15) is 11.4 Å². The summed E-state index contributed by atoms with van der Waals surface area (Å²) >= 11 is 6.11. The molecule has 2 aromatic rings. The number of aromatic nitrogens is 3. The minimum absolute atomic E-state index is 0.490. The lowest BCUT2D eigenvalue weighted by Gasteiger charge is -2.28. The van der Waals surface area contributed by atoms with Crippen molar-refractivity contribution in [3.05, 3.63) is 22.6 Å². The predicted molar refractivity (Wildman–Crippen MR) is 70.5 cm³/mol. The molecule has 3 heterocycles. The first-order valence-corrected chi connectivity index (χ1v) is 6.40. The molecule has 0 unspecified atom stereocenters. The first kappa shape index (κ1) is 11.7. The van der Waals surface area contributed by atoms with Gasteiger partial charge in [0, 0.05) is 19.2 Å². The van der Waals surface area contributed by atoms with E-state index in [9.17, 15) is 0 Å². The third kappa shape index (κ3) is 1.83. The van der Waals surface area contributed by atoms with Crippen molar-refractivity contribution in [3.8, 4) is 0 Å². The van der Waals surface area contributed by atoms with Crippen LogP contribution in [-0.4, -0.2) is 40.9 Å². The molecule has 0 aromatic carbocycles. The smallest absolute Gasteiger partial charge is 0.177 e. The van der Waals surface area contributed by atoms with Gasteiger partial charge in [-0.1, -0.05) is 11.6 Å². The number of morpholine rings is 1. The minimum atomic E-state index is 0.490. The highest BCUT2D eigenvalue weighted by atomic mass is 35.5. The molecule has 0 radical (unpaired) electrons. The third-order valence-electron chi connectivity index (χ3n) is 3.35. The molecular formula is C12H15ClN4O. The molecule has 0 saturated carbocycles. The van der Waals surface area contributed by atoms with Crippen LogP contribution in [0.15, 0.2) is 6.07 Å². The standard InChI is InChI=1S/C12H15ClN4O/c1-8-9(2)17-12(14-8)10(7-11(13)15-17)16-3-5-18-6-4-16/h7H,3-6H2,1-2H3. The summed E-state index contributed by atoms with van der Waals surface area (Å²) in [7, 11) is 0. The summed E-state index contributed by atoms with van der Waals surface area (Å²) in [5.41, 5.74) is 3.92. The van der Waals surface area contributed by atoms with Gasteiger partial charge in [-0.25, -0.2) is 9.50 Å². The van der Waals surface area contributed by atoms with E-state index in [2.05, 4.69) is 15.0 Å². The molecule has 1 saturated heterocycles. The van der Waals surface area contributed by atoms with Gasteiger partial charge in [-0.05, 0) is 13.8 Å².